The minimum Gasteiger partial charge on any atom is -0.309 e. The first kappa shape index (κ1) is 37.0. The van der Waals surface area contributed by atoms with E-state index in [9.17, 15) is 0 Å². The van der Waals surface area contributed by atoms with Crippen molar-refractivity contribution in [2.75, 3.05) is 9.80 Å². The van der Waals surface area contributed by atoms with E-state index in [1.165, 1.54) is 77.4 Å². The van der Waals surface area contributed by atoms with Crippen LogP contribution in [0.2, 0.25) is 0 Å². The molecular weight excluding hydrogens is 653 g/mol. The van der Waals surface area contributed by atoms with Crippen LogP contribution in [0.3, 0.4) is 0 Å². The van der Waals surface area contributed by atoms with Crippen molar-refractivity contribution in [2.45, 2.75) is 93.9 Å². The van der Waals surface area contributed by atoms with Crippen LogP contribution < -0.4 is 9.80 Å². The third-order valence-electron chi connectivity index (χ3n) is 10.8. The van der Waals surface area contributed by atoms with Gasteiger partial charge in [-0.05, 0) is 146 Å². The van der Waals surface area contributed by atoms with Crippen molar-refractivity contribution in [3.63, 3.8) is 0 Å². The fourth-order valence-corrected chi connectivity index (χ4v) is 7.96. The summed E-state index contributed by atoms with van der Waals surface area (Å²) in [6, 6.07) is 46.4. The van der Waals surface area contributed by atoms with Crippen LogP contribution in [-0.2, 0) is 10.8 Å². The van der Waals surface area contributed by atoms with E-state index < -0.39 is 0 Å². The Hall–Kier alpha value is -5.34. The molecule has 0 bridgehead atoms. The summed E-state index contributed by atoms with van der Waals surface area (Å²) in [5.74, 6) is 0. The van der Waals surface area contributed by atoms with Crippen LogP contribution in [-0.4, -0.2) is 0 Å². The molecule has 0 fully saturated rings. The average molecular weight is 709 g/mol. The Morgan fingerprint density at radius 1 is 0.296 bits per heavy atom. The molecule has 0 aliphatic rings. The van der Waals surface area contributed by atoms with Crippen molar-refractivity contribution in [1.82, 2.24) is 0 Å². The van der Waals surface area contributed by atoms with Crippen LogP contribution in [0.4, 0.5) is 34.1 Å². The van der Waals surface area contributed by atoms with E-state index in [2.05, 4.69) is 214 Å². The molecule has 0 amide bonds. The molecular formula is C52H56N2. The minimum absolute atomic E-state index is 0.0460. The summed E-state index contributed by atoms with van der Waals surface area (Å²) < 4.78 is 0. The molecule has 0 heterocycles. The SMILES string of the molecule is Cc1ccc(N(c2cc(C)cc(C)c2)c2c3ccc(C(C)(C)C)cc3c(N(c3ccc(C)cc3)c3cc(C)cc(C)c3)c3ccc(C(C)(C)C)cc23)cc1. The van der Waals surface area contributed by atoms with E-state index in [4.69, 9.17) is 0 Å². The summed E-state index contributed by atoms with van der Waals surface area (Å²) in [6.45, 7) is 27.1. The second-order valence-corrected chi connectivity index (χ2v) is 17.8. The monoisotopic (exact) mass is 708 g/mol. The quantitative estimate of drug-likeness (QED) is 0.125. The van der Waals surface area contributed by atoms with Gasteiger partial charge >= 0.3 is 0 Å². The second-order valence-electron chi connectivity index (χ2n) is 17.8. The molecule has 0 saturated carbocycles. The standard InChI is InChI=1S/C52H56N2/c1-33-13-19-41(20-14-33)53(43-27-35(3)25-36(4)28-43)49-45-23-17-40(52(10,11)12)32-48(45)50(46-24-18-39(31-47(46)49)51(7,8)9)54(42-21-15-34(2)16-22-42)44-29-37(5)26-38(6)30-44/h13-32H,1-12H3. The third-order valence-corrected chi connectivity index (χ3v) is 10.8. The molecule has 0 N–H and O–H groups in total. The number of hydrogen-bond donors (Lipinski definition) is 0. The molecule has 0 aliphatic heterocycles. The van der Waals surface area contributed by atoms with Crippen LogP contribution >= 0.6 is 0 Å². The van der Waals surface area contributed by atoms with Crippen molar-refractivity contribution in [1.29, 1.82) is 0 Å². The van der Waals surface area contributed by atoms with Gasteiger partial charge in [-0.1, -0.05) is 113 Å². The normalized spacial score (nSPS) is 12.1. The Labute approximate surface area is 324 Å². The van der Waals surface area contributed by atoms with Gasteiger partial charge in [-0.3, -0.25) is 0 Å². The number of benzene rings is 7. The Balaban J connectivity index is 1.74. The highest BCUT2D eigenvalue weighted by Crippen LogP contribution is 2.52. The maximum absolute atomic E-state index is 2.52. The van der Waals surface area contributed by atoms with E-state index in [1.54, 1.807) is 0 Å². The Bertz CT molecular complexity index is 2290. The molecule has 7 aromatic carbocycles. The van der Waals surface area contributed by atoms with E-state index in [-0.39, 0.29) is 10.8 Å². The summed E-state index contributed by atoms with van der Waals surface area (Å²) in [4.78, 5) is 5.04. The van der Waals surface area contributed by atoms with Gasteiger partial charge in [0.2, 0.25) is 0 Å². The number of hydrogen-bond acceptors (Lipinski definition) is 2. The highest BCUT2D eigenvalue weighted by Gasteiger charge is 2.28. The van der Waals surface area contributed by atoms with Crippen molar-refractivity contribution in [3.05, 3.63) is 166 Å². The summed E-state index contributed by atoms with van der Waals surface area (Å²) >= 11 is 0. The lowest BCUT2D eigenvalue weighted by Crippen LogP contribution is -2.17. The maximum atomic E-state index is 2.52. The first-order chi connectivity index (χ1) is 25.5. The van der Waals surface area contributed by atoms with Gasteiger partial charge in [0, 0.05) is 44.3 Å². The van der Waals surface area contributed by atoms with Gasteiger partial charge in [0.1, 0.15) is 0 Å². The van der Waals surface area contributed by atoms with Crippen LogP contribution in [0.5, 0.6) is 0 Å². The predicted octanol–water partition coefficient (Wildman–Crippen LogP) is 15.4. The molecule has 0 unspecified atom stereocenters. The van der Waals surface area contributed by atoms with E-state index in [0.29, 0.717) is 0 Å². The summed E-state index contributed by atoms with van der Waals surface area (Å²) in [5, 5.41) is 4.90. The third kappa shape index (κ3) is 7.15. The number of fused-ring (bicyclic) bond motifs is 2. The van der Waals surface area contributed by atoms with Crippen molar-refractivity contribution in [3.8, 4) is 0 Å². The highest BCUT2D eigenvalue weighted by atomic mass is 15.2. The maximum Gasteiger partial charge on any atom is 0.0620 e. The Kier molecular flexibility index (Phi) is 9.47. The van der Waals surface area contributed by atoms with Gasteiger partial charge in [0.05, 0.1) is 11.4 Å². The topological polar surface area (TPSA) is 6.48 Å². The van der Waals surface area contributed by atoms with Crippen molar-refractivity contribution in [2.24, 2.45) is 0 Å². The van der Waals surface area contributed by atoms with Gasteiger partial charge in [-0.15, -0.1) is 0 Å². The number of nitrogens with zero attached hydrogens (tertiary/aromatic N) is 2. The molecule has 54 heavy (non-hydrogen) atoms. The molecule has 2 heteroatoms. The van der Waals surface area contributed by atoms with E-state index in [0.717, 1.165) is 22.7 Å². The molecule has 0 spiro atoms. The largest absolute Gasteiger partial charge is 0.309 e. The molecule has 0 saturated heterocycles. The van der Waals surface area contributed by atoms with Crippen LogP contribution in [0.1, 0.15) is 86.1 Å². The van der Waals surface area contributed by atoms with Gasteiger partial charge < -0.3 is 9.80 Å². The van der Waals surface area contributed by atoms with Crippen LogP contribution in [0, 0.1) is 41.5 Å². The van der Waals surface area contributed by atoms with Gasteiger partial charge in [-0.2, -0.15) is 0 Å². The second kappa shape index (κ2) is 13.8. The minimum atomic E-state index is -0.0460. The first-order valence-corrected chi connectivity index (χ1v) is 19.4. The predicted molar refractivity (Wildman–Crippen MR) is 237 cm³/mol. The molecule has 274 valence electrons. The fraction of sp³-hybridized carbons (Fsp3) is 0.269. The lowest BCUT2D eigenvalue weighted by atomic mass is 9.82. The molecule has 0 aromatic heterocycles. The molecule has 0 atom stereocenters. The zero-order valence-electron chi connectivity index (χ0n) is 34.4. The first-order valence-electron chi connectivity index (χ1n) is 19.4. The van der Waals surface area contributed by atoms with Gasteiger partial charge in [0.15, 0.2) is 0 Å². The Morgan fingerprint density at radius 3 is 0.907 bits per heavy atom. The molecule has 2 nitrogen and oxygen atoms in total. The molecule has 0 radical (unpaired) electrons. The zero-order valence-corrected chi connectivity index (χ0v) is 34.4. The highest BCUT2D eigenvalue weighted by molar-refractivity contribution is 6.23. The van der Waals surface area contributed by atoms with E-state index in [1.807, 2.05) is 0 Å². The number of anilines is 6. The van der Waals surface area contributed by atoms with Crippen LogP contribution in [0.25, 0.3) is 21.5 Å². The molecule has 7 rings (SSSR count). The van der Waals surface area contributed by atoms with Crippen molar-refractivity contribution < 1.29 is 0 Å². The summed E-state index contributed by atoms with van der Waals surface area (Å²) in [5.41, 5.74) is 17.0. The molecule has 0 aliphatic carbocycles. The zero-order chi connectivity index (χ0) is 38.7. The molecule has 7 aromatic rings. The fourth-order valence-electron chi connectivity index (χ4n) is 7.96. The lowest BCUT2D eigenvalue weighted by molar-refractivity contribution is 0.590. The number of rotatable bonds is 6. The lowest BCUT2D eigenvalue weighted by Gasteiger charge is -2.34. The van der Waals surface area contributed by atoms with Crippen molar-refractivity contribution >= 4 is 55.7 Å². The summed E-state index contributed by atoms with van der Waals surface area (Å²) in [7, 11) is 0. The Morgan fingerprint density at radius 2 is 0.611 bits per heavy atom. The van der Waals surface area contributed by atoms with Gasteiger partial charge in [0.25, 0.3) is 0 Å². The number of aryl methyl sites for hydroxylation is 6. The smallest absolute Gasteiger partial charge is 0.0620 e. The van der Waals surface area contributed by atoms with E-state index >= 15 is 0 Å². The summed E-state index contributed by atoms with van der Waals surface area (Å²) in [6.07, 6.45) is 0. The average Bonchev–Trinajstić information content (AvgIpc) is 3.09. The van der Waals surface area contributed by atoms with Gasteiger partial charge in [-0.25, -0.2) is 0 Å². The van der Waals surface area contributed by atoms with Crippen LogP contribution in [0.15, 0.2) is 121 Å².